The predicted molar refractivity (Wildman–Crippen MR) is 88.4 cm³/mol. The summed E-state index contributed by atoms with van der Waals surface area (Å²) in [7, 11) is 0. The summed E-state index contributed by atoms with van der Waals surface area (Å²) < 4.78 is 0. The van der Waals surface area contributed by atoms with Crippen LogP contribution in [0.3, 0.4) is 0 Å². The zero-order chi connectivity index (χ0) is 15.8. The lowest BCUT2D eigenvalue weighted by Crippen LogP contribution is -2.01. The maximum absolute atomic E-state index is 10.3. The van der Waals surface area contributed by atoms with E-state index in [1.54, 1.807) is 0 Å². The molecule has 0 saturated heterocycles. The van der Waals surface area contributed by atoms with Gasteiger partial charge in [-0.05, 0) is 32.1 Å². The molecule has 0 aliphatic carbocycles. The molecule has 0 spiro atoms. The highest BCUT2D eigenvalue weighted by atomic mass is 16.4. The van der Waals surface area contributed by atoms with Crippen molar-refractivity contribution in [1.29, 1.82) is 0 Å². The Hall–Kier alpha value is -1.09. The average molecular weight is 296 g/mol. The fourth-order valence-electron chi connectivity index (χ4n) is 2.12. The van der Waals surface area contributed by atoms with Crippen LogP contribution in [0.1, 0.15) is 77.6 Å². The largest absolute Gasteiger partial charge is 0.481 e. The average Bonchev–Trinajstić information content (AvgIpc) is 2.45. The van der Waals surface area contributed by atoms with Crippen molar-refractivity contribution < 1.29 is 15.0 Å². The van der Waals surface area contributed by atoms with Crippen LogP contribution in [0.4, 0.5) is 0 Å². The van der Waals surface area contributed by atoms with Gasteiger partial charge in [-0.3, -0.25) is 4.79 Å². The molecule has 0 radical (unpaired) electrons. The second-order valence-corrected chi connectivity index (χ2v) is 5.55. The monoisotopic (exact) mass is 296 g/mol. The quantitative estimate of drug-likeness (QED) is 0.355. The molecule has 2 N–H and O–H groups in total. The van der Waals surface area contributed by atoms with Gasteiger partial charge in [0.1, 0.15) is 0 Å². The van der Waals surface area contributed by atoms with Crippen LogP contribution in [0.5, 0.6) is 0 Å². The molecule has 0 aromatic rings. The van der Waals surface area contributed by atoms with Crippen LogP contribution in [-0.2, 0) is 4.79 Å². The van der Waals surface area contributed by atoms with E-state index in [0.29, 0.717) is 6.42 Å². The predicted octanol–water partition coefficient (Wildman–Crippen LogP) is 4.86. The molecule has 0 heterocycles. The standard InChI is InChI=1S/C18H32O3/c1-2-3-4-5-6-7-8-9-11-14-17(19)15-12-10-13-16-18(20)21/h7-8,11,14,17,19H,2-6,9-10,12-13,15-16H2,1H3,(H,20,21)/b8-7-,14-11-/t17-/m0/s1. The number of hydrogen-bond acceptors (Lipinski definition) is 2. The number of carboxylic acids is 1. The number of allylic oxidation sites excluding steroid dienone is 3. The molecule has 0 aliphatic rings. The van der Waals surface area contributed by atoms with E-state index in [9.17, 15) is 9.90 Å². The number of aliphatic hydroxyl groups is 1. The van der Waals surface area contributed by atoms with E-state index in [2.05, 4.69) is 19.1 Å². The molecule has 0 aromatic carbocycles. The van der Waals surface area contributed by atoms with Gasteiger partial charge in [0, 0.05) is 6.42 Å². The first-order valence-electron chi connectivity index (χ1n) is 8.38. The van der Waals surface area contributed by atoms with Gasteiger partial charge in [-0.15, -0.1) is 0 Å². The van der Waals surface area contributed by atoms with Gasteiger partial charge in [0.15, 0.2) is 0 Å². The Bertz CT molecular complexity index is 295. The molecule has 0 aromatic heterocycles. The van der Waals surface area contributed by atoms with Crippen molar-refractivity contribution in [2.24, 2.45) is 0 Å². The van der Waals surface area contributed by atoms with Crippen molar-refractivity contribution in [1.82, 2.24) is 0 Å². The summed E-state index contributed by atoms with van der Waals surface area (Å²) in [5, 5.41) is 18.2. The molecule has 0 fully saturated rings. The number of carboxylic acid groups (broad SMARTS) is 1. The van der Waals surface area contributed by atoms with E-state index < -0.39 is 12.1 Å². The first-order valence-corrected chi connectivity index (χ1v) is 8.38. The third-order valence-electron chi connectivity index (χ3n) is 3.41. The Balaban J connectivity index is 3.42. The van der Waals surface area contributed by atoms with Gasteiger partial charge in [0.25, 0.3) is 0 Å². The number of aliphatic carboxylic acids is 1. The molecule has 0 unspecified atom stereocenters. The van der Waals surface area contributed by atoms with Crippen LogP contribution < -0.4 is 0 Å². The third kappa shape index (κ3) is 16.9. The van der Waals surface area contributed by atoms with Gasteiger partial charge in [-0.25, -0.2) is 0 Å². The summed E-state index contributed by atoms with van der Waals surface area (Å²) in [6.07, 6.45) is 18.5. The Labute approximate surface area is 129 Å². The van der Waals surface area contributed by atoms with Crippen molar-refractivity contribution in [3.05, 3.63) is 24.3 Å². The molecule has 3 nitrogen and oxygen atoms in total. The van der Waals surface area contributed by atoms with Crippen LogP contribution in [0.25, 0.3) is 0 Å². The van der Waals surface area contributed by atoms with Gasteiger partial charge in [-0.2, -0.15) is 0 Å². The summed E-state index contributed by atoms with van der Waals surface area (Å²) >= 11 is 0. The summed E-state index contributed by atoms with van der Waals surface area (Å²) in [5.74, 6) is -0.739. The second-order valence-electron chi connectivity index (χ2n) is 5.55. The Kier molecular flexibility index (Phi) is 14.5. The molecular weight excluding hydrogens is 264 g/mol. The van der Waals surface area contributed by atoms with E-state index in [1.807, 2.05) is 12.2 Å². The van der Waals surface area contributed by atoms with Gasteiger partial charge in [-0.1, -0.05) is 63.3 Å². The van der Waals surface area contributed by atoms with Gasteiger partial charge in [0.05, 0.1) is 6.10 Å². The molecule has 0 amide bonds. The third-order valence-corrected chi connectivity index (χ3v) is 3.41. The zero-order valence-electron chi connectivity index (χ0n) is 13.5. The second kappa shape index (κ2) is 15.3. The lowest BCUT2D eigenvalue weighted by Gasteiger charge is -2.04. The number of carbonyl (C=O) groups is 1. The molecule has 3 heteroatoms. The van der Waals surface area contributed by atoms with E-state index in [1.165, 1.54) is 25.7 Å². The Morgan fingerprint density at radius 1 is 1.00 bits per heavy atom. The van der Waals surface area contributed by atoms with Crippen molar-refractivity contribution in [2.45, 2.75) is 83.7 Å². The van der Waals surface area contributed by atoms with Gasteiger partial charge in [0.2, 0.25) is 0 Å². The minimum absolute atomic E-state index is 0.231. The SMILES string of the molecule is CCCCCC/C=C\C/C=C\[C@H](O)CCCCCC(=O)O. The van der Waals surface area contributed by atoms with Crippen LogP contribution >= 0.6 is 0 Å². The molecule has 0 aliphatic heterocycles. The number of unbranched alkanes of at least 4 members (excludes halogenated alkanes) is 6. The first-order chi connectivity index (χ1) is 10.2. The van der Waals surface area contributed by atoms with Crippen molar-refractivity contribution in [2.75, 3.05) is 0 Å². The first kappa shape index (κ1) is 19.9. The highest BCUT2D eigenvalue weighted by molar-refractivity contribution is 5.66. The van der Waals surface area contributed by atoms with Crippen molar-refractivity contribution >= 4 is 5.97 Å². The summed E-state index contributed by atoms with van der Waals surface area (Å²) in [6.45, 7) is 2.22. The number of rotatable bonds is 14. The van der Waals surface area contributed by atoms with Gasteiger partial charge < -0.3 is 10.2 Å². The molecule has 0 saturated carbocycles. The van der Waals surface area contributed by atoms with Gasteiger partial charge >= 0.3 is 5.97 Å². The highest BCUT2D eigenvalue weighted by Crippen LogP contribution is 2.07. The maximum Gasteiger partial charge on any atom is 0.303 e. The van der Waals surface area contributed by atoms with Crippen LogP contribution in [0, 0.1) is 0 Å². The maximum atomic E-state index is 10.3. The summed E-state index contributed by atoms with van der Waals surface area (Å²) in [5.41, 5.74) is 0. The summed E-state index contributed by atoms with van der Waals surface area (Å²) in [4.78, 5) is 10.3. The minimum Gasteiger partial charge on any atom is -0.481 e. The zero-order valence-corrected chi connectivity index (χ0v) is 13.5. The lowest BCUT2D eigenvalue weighted by molar-refractivity contribution is -0.137. The molecule has 0 bridgehead atoms. The van der Waals surface area contributed by atoms with Crippen molar-refractivity contribution in [3.63, 3.8) is 0 Å². The Morgan fingerprint density at radius 3 is 2.48 bits per heavy atom. The summed E-state index contributed by atoms with van der Waals surface area (Å²) in [6, 6.07) is 0. The minimum atomic E-state index is -0.739. The Morgan fingerprint density at radius 2 is 1.76 bits per heavy atom. The van der Waals surface area contributed by atoms with E-state index in [0.717, 1.165) is 32.1 Å². The molecule has 21 heavy (non-hydrogen) atoms. The molecule has 0 rings (SSSR count). The van der Waals surface area contributed by atoms with Crippen LogP contribution in [0.2, 0.25) is 0 Å². The van der Waals surface area contributed by atoms with E-state index >= 15 is 0 Å². The highest BCUT2D eigenvalue weighted by Gasteiger charge is 2.00. The van der Waals surface area contributed by atoms with Crippen LogP contribution in [0.15, 0.2) is 24.3 Å². The fourth-order valence-corrected chi connectivity index (χ4v) is 2.12. The topological polar surface area (TPSA) is 57.5 Å². The van der Waals surface area contributed by atoms with Crippen LogP contribution in [-0.4, -0.2) is 22.3 Å². The lowest BCUT2D eigenvalue weighted by atomic mass is 10.1. The van der Waals surface area contributed by atoms with Crippen molar-refractivity contribution in [3.8, 4) is 0 Å². The smallest absolute Gasteiger partial charge is 0.303 e. The van der Waals surface area contributed by atoms with E-state index in [-0.39, 0.29) is 6.42 Å². The molecular formula is C18H32O3. The molecule has 1 atom stereocenters. The number of hydrogen-bond donors (Lipinski definition) is 2. The fraction of sp³-hybridized carbons (Fsp3) is 0.722. The number of aliphatic hydroxyl groups excluding tert-OH is 1. The molecule has 122 valence electrons. The normalized spacial score (nSPS) is 13.2. The van der Waals surface area contributed by atoms with E-state index in [4.69, 9.17) is 5.11 Å².